The molecule has 0 saturated heterocycles. The van der Waals surface area contributed by atoms with Crippen molar-refractivity contribution in [2.24, 2.45) is 0 Å². The van der Waals surface area contributed by atoms with Crippen molar-refractivity contribution in [3.8, 4) is 0 Å². The maximum absolute atomic E-state index is 11.2. The van der Waals surface area contributed by atoms with Gasteiger partial charge in [-0.05, 0) is 37.6 Å². The van der Waals surface area contributed by atoms with Crippen molar-refractivity contribution < 1.29 is 17.8 Å². The lowest BCUT2D eigenvalue weighted by Crippen LogP contribution is -2.19. The van der Waals surface area contributed by atoms with Gasteiger partial charge < -0.3 is 4.55 Å². The Balaban J connectivity index is 0. The van der Waals surface area contributed by atoms with Crippen molar-refractivity contribution in [3.05, 3.63) is 0 Å². The minimum absolute atomic E-state index is 0.219. The van der Waals surface area contributed by atoms with Crippen molar-refractivity contribution in [2.75, 3.05) is 23.0 Å². The molecule has 6 heteroatoms. The zero-order valence-electron chi connectivity index (χ0n) is 12.6. The molecule has 0 fully saturated rings. The van der Waals surface area contributed by atoms with Gasteiger partial charge in [0.2, 0.25) is 0 Å². The van der Waals surface area contributed by atoms with E-state index in [9.17, 15) is 17.8 Å². The first-order valence-electron chi connectivity index (χ1n) is 6.89. The number of unbranched alkanes of at least 4 members (excludes halogenated alkanes) is 1. The van der Waals surface area contributed by atoms with Crippen molar-refractivity contribution in [2.45, 2.75) is 53.4 Å². The van der Waals surface area contributed by atoms with Gasteiger partial charge in [0.15, 0.2) is 11.5 Å². The smallest absolute Gasteiger partial charge is 0.181 e. The normalized spacial score (nSPS) is 11.1. The maximum atomic E-state index is 11.2. The molecule has 0 saturated carbocycles. The van der Waals surface area contributed by atoms with Crippen LogP contribution < -0.4 is 0 Å². The summed E-state index contributed by atoms with van der Waals surface area (Å²) in [5, 5.41) is 0. The highest BCUT2D eigenvalue weighted by atomic mass is 32.2. The van der Waals surface area contributed by atoms with E-state index in [0.717, 1.165) is 25.0 Å². The zero-order valence-corrected chi connectivity index (χ0v) is 14.2. The third-order valence-corrected chi connectivity index (χ3v) is 5.61. The third kappa shape index (κ3) is 17.9. The first kappa shape index (κ1) is 21.2. The average Bonchev–Trinajstić information content (AvgIpc) is 2.33. The van der Waals surface area contributed by atoms with Gasteiger partial charge in [0.05, 0.1) is 10.1 Å². The Kier molecular flexibility index (Phi) is 14.5. The molecule has 0 aliphatic heterocycles. The van der Waals surface area contributed by atoms with E-state index in [2.05, 4.69) is 20.8 Å². The van der Waals surface area contributed by atoms with Gasteiger partial charge in [0, 0.05) is 12.2 Å². The number of hydrogen-bond donors (Lipinski definition) is 0. The fourth-order valence-electron chi connectivity index (χ4n) is 1.31. The number of carbonyl (C=O) groups is 1. The molecule has 0 unspecified atom stereocenters. The highest BCUT2D eigenvalue weighted by Gasteiger charge is 2.16. The van der Waals surface area contributed by atoms with Crippen LogP contribution in [0.4, 0.5) is 0 Å². The number of Topliss-reactive ketones (excluding diaryl/α,β-unsaturated/α-hetero) is 1. The van der Waals surface area contributed by atoms with E-state index >= 15 is 0 Å². The quantitative estimate of drug-likeness (QED) is 0.484. The zero-order chi connectivity index (χ0) is 15.3. The molecule has 0 amide bonds. The number of hydrogen-bond acceptors (Lipinski definition) is 4. The predicted octanol–water partition coefficient (Wildman–Crippen LogP) is 2.35. The van der Waals surface area contributed by atoms with Crippen LogP contribution in [0, 0.1) is 0 Å². The summed E-state index contributed by atoms with van der Waals surface area (Å²) in [5.41, 5.74) is 0. The van der Waals surface area contributed by atoms with Crippen LogP contribution in [0.15, 0.2) is 0 Å². The second-order valence-electron chi connectivity index (χ2n) is 4.24. The lowest BCUT2D eigenvalue weighted by Gasteiger charge is -2.02. The van der Waals surface area contributed by atoms with Crippen molar-refractivity contribution in [1.82, 2.24) is 0 Å². The summed E-state index contributed by atoms with van der Waals surface area (Å²) in [5.74, 6) is 3.42. The van der Waals surface area contributed by atoms with Gasteiger partial charge in [-0.2, -0.15) is 0 Å². The first-order chi connectivity index (χ1) is 8.80. The second kappa shape index (κ2) is 12.9. The number of rotatable bonds is 9. The van der Waals surface area contributed by atoms with E-state index in [0.29, 0.717) is 23.1 Å². The summed E-state index contributed by atoms with van der Waals surface area (Å²) < 4.78 is 29.5. The fraction of sp³-hybridized carbons (Fsp3) is 0.923. The topological polar surface area (TPSA) is 74.3 Å². The SMILES string of the molecule is CCCC(=O)C[S+](CC)CC.CCCCS(=O)(=O)[O-]. The van der Waals surface area contributed by atoms with E-state index < -0.39 is 10.1 Å². The van der Waals surface area contributed by atoms with E-state index in [4.69, 9.17) is 0 Å². The predicted molar refractivity (Wildman–Crippen MR) is 82.7 cm³/mol. The molecule has 0 aliphatic carbocycles. The Hall–Kier alpha value is -0.0700. The average molecular weight is 312 g/mol. The molecule has 0 aliphatic rings. The van der Waals surface area contributed by atoms with Crippen LogP contribution in [0.1, 0.15) is 53.4 Å². The minimum Gasteiger partial charge on any atom is -0.748 e. The van der Waals surface area contributed by atoms with Crippen LogP contribution >= 0.6 is 0 Å². The maximum Gasteiger partial charge on any atom is 0.181 e. The highest BCUT2D eigenvalue weighted by molar-refractivity contribution is 7.97. The molecule has 0 aromatic heterocycles. The van der Waals surface area contributed by atoms with Gasteiger partial charge in [-0.3, -0.25) is 4.79 Å². The molecular formula is C13H28O4S2. The lowest BCUT2D eigenvalue weighted by atomic mass is 10.3. The molecule has 0 heterocycles. The summed E-state index contributed by atoms with van der Waals surface area (Å²) in [4.78, 5) is 11.2. The molecule has 0 N–H and O–H groups in total. The molecule has 0 bridgehead atoms. The van der Waals surface area contributed by atoms with Gasteiger partial charge in [-0.1, -0.05) is 20.3 Å². The molecule has 0 rings (SSSR count). The van der Waals surface area contributed by atoms with E-state index in [-0.39, 0.29) is 5.75 Å². The van der Waals surface area contributed by atoms with Crippen LogP contribution in [0.3, 0.4) is 0 Å². The summed E-state index contributed by atoms with van der Waals surface area (Å²) in [6, 6.07) is 0. The minimum atomic E-state index is -3.94. The van der Waals surface area contributed by atoms with E-state index in [1.807, 2.05) is 6.92 Å². The highest BCUT2D eigenvalue weighted by Crippen LogP contribution is 2.00. The Morgan fingerprint density at radius 3 is 1.84 bits per heavy atom. The van der Waals surface area contributed by atoms with Crippen LogP contribution in [0.25, 0.3) is 0 Å². The molecule has 0 radical (unpaired) electrons. The Bertz CT molecular complexity index is 309. The Morgan fingerprint density at radius 1 is 1.05 bits per heavy atom. The summed E-state index contributed by atoms with van der Waals surface area (Å²) in [6.07, 6.45) is 3.01. The van der Waals surface area contributed by atoms with Gasteiger partial charge >= 0.3 is 0 Å². The monoisotopic (exact) mass is 312 g/mol. The fourth-order valence-corrected chi connectivity index (χ4v) is 3.37. The van der Waals surface area contributed by atoms with Crippen LogP contribution in [-0.4, -0.2) is 41.8 Å². The lowest BCUT2D eigenvalue weighted by molar-refractivity contribution is -0.116. The van der Waals surface area contributed by atoms with Gasteiger partial charge in [0.25, 0.3) is 0 Å². The molecule has 4 nitrogen and oxygen atoms in total. The van der Waals surface area contributed by atoms with E-state index in [1.165, 1.54) is 11.5 Å². The van der Waals surface area contributed by atoms with Gasteiger partial charge in [0.1, 0.15) is 11.5 Å². The first-order valence-corrected chi connectivity index (χ1v) is 10.2. The molecule has 0 aromatic rings. The number of carbonyl (C=O) groups excluding carboxylic acids is 1. The summed E-state index contributed by atoms with van der Waals surface area (Å²) in [7, 11) is -3.56. The standard InChI is InChI=1S/C9H19OS.C4H10O3S/c1-4-7-9(10)8-11(5-2)6-3;1-2-3-4-8(5,6)7/h4-8H2,1-3H3;2-4H2,1H3,(H,5,6,7)/q+1;/p-1. The Labute approximate surface area is 121 Å². The number of ketones is 1. The summed E-state index contributed by atoms with van der Waals surface area (Å²) >= 11 is 0. The van der Waals surface area contributed by atoms with Crippen LogP contribution in [-0.2, 0) is 25.8 Å². The van der Waals surface area contributed by atoms with Crippen LogP contribution in [0.2, 0.25) is 0 Å². The van der Waals surface area contributed by atoms with Crippen molar-refractivity contribution in [1.29, 1.82) is 0 Å². The molecular weight excluding hydrogens is 284 g/mol. The molecule has 0 spiro atoms. The molecule has 0 aromatic carbocycles. The van der Waals surface area contributed by atoms with Crippen LogP contribution in [0.5, 0.6) is 0 Å². The molecule has 19 heavy (non-hydrogen) atoms. The second-order valence-corrected chi connectivity index (χ2v) is 8.43. The Morgan fingerprint density at radius 2 is 1.58 bits per heavy atom. The molecule has 116 valence electrons. The van der Waals surface area contributed by atoms with Gasteiger partial charge in [-0.15, -0.1) is 0 Å². The molecule has 0 atom stereocenters. The van der Waals surface area contributed by atoms with E-state index in [1.54, 1.807) is 0 Å². The largest absolute Gasteiger partial charge is 0.748 e. The third-order valence-electron chi connectivity index (χ3n) is 2.46. The van der Waals surface area contributed by atoms with Gasteiger partial charge in [-0.25, -0.2) is 8.42 Å². The van der Waals surface area contributed by atoms with Crippen molar-refractivity contribution >= 4 is 26.8 Å². The van der Waals surface area contributed by atoms with Crippen molar-refractivity contribution in [3.63, 3.8) is 0 Å². The summed E-state index contributed by atoms with van der Waals surface area (Å²) in [6.45, 7) is 8.25.